The van der Waals surface area contributed by atoms with Crippen LogP contribution in [0.3, 0.4) is 0 Å². The Labute approximate surface area is 114 Å². The summed E-state index contributed by atoms with van der Waals surface area (Å²) >= 11 is 13.2. The highest BCUT2D eigenvalue weighted by Gasteiger charge is 2.07. The molecule has 0 amide bonds. The van der Waals surface area contributed by atoms with E-state index >= 15 is 0 Å². The summed E-state index contributed by atoms with van der Waals surface area (Å²) < 4.78 is 4.28. The fraction of sp³-hybridized carbons (Fsp3) is 0.273. The zero-order valence-corrected chi connectivity index (χ0v) is 11.5. The maximum absolute atomic E-state index is 5.95. The van der Waals surface area contributed by atoms with Crippen LogP contribution in [0.5, 0.6) is 0 Å². The molecular weight excluding hydrogens is 277 g/mol. The van der Waals surface area contributed by atoms with Crippen molar-refractivity contribution in [3.63, 3.8) is 0 Å². The van der Waals surface area contributed by atoms with Gasteiger partial charge in [0.1, 0.15) is 0 Å². The van der Waals surface area contributed by atoms with Gasteiger partial charge in [-0.15, -0.1) is 0 Å². The molecule has 0 fully saturated rings. The number of hydrogen-bond acceptors (Lipinski definition) is 4. The van der Waals surface area contributed by atoms with Gasteiger partial charge < -0.3 is 5.32 Å². The molecule has 0 aliphatic rings. The molecule has 3 nitrogen and oxygen atoms in total. The molecule has 0 saturated carbocycles. The summed E-state index contributed by atoms with van der Waals surface area (Å²) in [6.45, 7) is 3.00. The van der Waals surface area contributed by atoms with Crippen molar-refractivity contribution in [2.75, 3.05) is 11.9 Å². The Morgan fingerprint density at radius 1 is 1.29 bits per heavy atom. The molecular formula is C11H11Cl2N3S. The molecule has 1 heterocycles. The molecule has 0 aliphatic heterocycles. The molecule has 6 heteroatoms. The van der Waals surface area contributed by atoms with Gasteiger partial charge >= 0.3 is 0 Å². The minimum Gasteiger partial charge on any atom is -0.360 e. The lowest BCUT2D eigenvalue weighted by molar-refractivity contribution is 0.976. The molecule has 17 heavy (non-hydrogen) atoms. The first-order valence-corrected chi connectivity index (χ1v) is 6.76. The van der Waals surface area contributed by atoms with Crippen molar-refractivity contribution in [3.05, 3.63) is 28.2 Å². The van der Waals surface area contributed by atoms with Crippen LogP contribution in [-0.4, -0.2) is 15.9 Å². The van der Waals surface area contributed by atoms with E-state index in [2.05, 4.69) is 21.6 Å². The van der Waals surface area contributed by atoms with Crippen LogP contribution in [0.15, 0.2) is 18.2 Å². The van der Waals surface area contributed by atoms with Crippen molar-refractivity contribution >= 4 is 39.9 Å². The Bertz CT molecular complexity index is 513. The van der Waals surface area contributed by atoms with Crippen LogP contribution in [0.1, 0.15) is 13.3 Å². The molecule has 0 saturated heterocycles. The minimum atomic E-state index is 0.516. The largest absolute Gasteiger partial charge is 0.360 e. The van der Waals surface area contributed by atoms with Crippen molar-refractivity contribution in [1.29, 1.82) is 0 Å². The lowest BCUT2D eigenvalue weighted by Crippen LogP contribution is -1.98. The van der Waals surface area contributed by atoms with E-state index in [4.69, 9.17) is 23.2 Å². The molecule has 0 unspecified atom stereocenters. The number of nitrogens with zero attached hydrogens (tertiary/aromatic N) is 2. The van der Waals surface area contributed by atoms with Crippen LogP contribution in [0.25, 0.3) is 11.4 Å². The van der Waals surface area contributed by atoms with E-state index in [-0.39, 0.29) is 0 Å². The number of benzene rings is 1. The van der Waals surface area contributed by atoms with Gasteiger partial charge in [-0.05, 0) is 24.6 Å². The first-order chi connectivity index (χ1) is 8.20. The first-order valence-electron chi connectivity index (χ1n) is 5.23. The minimum absolute atomic E-state index is 0.516. The van der Waals surface area contributed by atoms with E-state index in [0.29, 0.717) is 15.9 Å². The lowest BCUT2D eigenvalue weighted by Gasteiger charge is -1.99. The summed E-state index contributed by atoms with van der Waals surface area (Å²) in [5, 5.41) is 5.08. The Balaban J connectivity index is 2.21. The van der Waals surface area contributed by atoms with Gasteiger partial charge in [0.15, 0.2) is 5.82 Å². The van der Waals surface area contributed by atoms with Crippen LogP contribution >= 0.6 is 34.7 Å². The fourth-order valence-corrected chi connectivity index (χ4v) is 2.19. The number of halogens is 2. The average Bonchev–Trinajstić information content (AvgIpc) is 2.79. The quantitative estimate of drug-likeness (QED) is 0.909. The van der Waals surface area contributed by atoms with Gasteiger partial charge in [0.25, 0.3) is 0 Å². The highest BCUT2D eigenvalue weighted by Crippen LogP contribution is 2.28. The van der Waals surface area contributed by atoms with E-state index in [1.165, 1.54) is 11.5 Å². The van der Waals surface area contributed by atoms with E-state index in [1.54, 1.807) is 12.1 Å². The van der Waals surface area contributed by atoms with Gasteiger partial charge in [-0.2, -0.15) is 9.36 Å². The highest BCUT2D eigenvalue weighted by molar-refractivity contribution is 7.09. The summed E-state index contributed by atoms with van der Waals surface area (Å²) in [7, 11) is 0. The predicted molar refractivity (Wildman–Crippen MR) is 74.1 cm³/mol. The molecule has 90 valence electrons. The van der Waals surface area contributed by atoms with Crippen molar-refractivity contribution in [2.24, 2.45) is 0 Å². The summed E-state index contributed by atoms with van der Waals surface area (Å²) in [5.74, 6) is 0.673. The van der Waals surface area contributed by atoms with Crippen molar-refractivity contribution in [2.45, 2.75) is 13.3 Å². The molecule has 0 spiro atoms. The normalized spacial score (nSPS) is 10.5. The van der Waals surface area contributed by atoms with Crippen molar-refractivity contribution in [1.82, 2.24) is 9.36 Å². The summed E-state index contributed by atoms with van der Waals surface area (Å²) in [6, 6.07) is 5.38. The zero-order valence-electron chi connectivity index (χ0n) is 9.20. The molecule has 2 aromatic rings. The van der Waals surface area contributed by atoms with E-state index in [1.807, 2.05) is 6.07 Å². The summed E-state index contributed by atoms with van der Waals surface area (Å²) in [6.07, 6.45) is 1.06. The Hall–Kier alpha value is -0.840. The van der Waals surface area contributed by atoms with E-state index < -0.39 is 0 Å². The molecule has 0 bridgehead atoms. The van der Waals surface area contributed by atoms with Crippen LogP contribution in [-0.2, 0) is 0 Å². The van der Waals surface area contributed by atoms with Crippen LogP contribution in [0.2, 0.25) is 10.0 Å². The maximum Gasteiger partial charge on any atom is 0.202 e. The Morgan fingerprint density at radius 2 is 2.12 bits per heavy atom. The van der Waals surface area contributed by atoms with E-state index in [9.17, 15) is 0 Å². The van der Waals surface area contributed by atoms with Crippen LogP contribution in [0.4, 0.5) is 5.13 Å². The first kappa shape index (κ1) is 12.6. The van der Waals surface area contributed by atoms with Gasteiger partial charge in [-0.3, -0.25) is 0 Å². The second-order valence-corrected chi connectivity index (χ2v) is 5.05. The van der Waals surface area contributed by atoms with Gasteiger partial charge in [-0.25, -0.2) is 0 Å². The molecule has 0 radical (unpaired) electrons. The Morgan fingerprint density at radius 3 is 2.82 bits per heavy atom. The standard InChI is InChI=1S/C11H11Cl2N3S/c1-2-5-14-11-15-10(16-17-11)7-3-4-8(12)9(13)6-7/h3-4,6H,2,5H2,1H3,(H,14,15,16). The monoisotopic (exact) mass is 287 g/mol. The summed E-state index contributed by atoms with van der Waals surface area (Å²) in [4.78, 5) is 4.38. The second-order valence-electron chi connectivity index (χ2n) is 3.48. The predicted octanol–water partition coefficient (Wildman–Crippen LogP) is 4.33. The second kappa shape index (κ2) is 5.67. The SMILES string of the molecule is CCCNc1nc(-c2ccc(Cl)c(Cl)c2)ns1. The number of nitrogens with one attached hydrogen (secondary N) is 1. The van der Waals surface area contributed by atoms with Crippen molar-refractivity contribution < 1.29 is 0 Å². The van der Waals surface area contributed by atoms with Gasteiger partial charge in [0.2, 0.25) is 5.13 Å². The average molecular weight is 288 g/mol. The maximum atomic E-state index is 5.95. The van der Waals surface area contributed by atoms with Gasteiger partial charge in [0.05, 0.1) is 10.0 Å². The third kappa shape index (κ3) is 3.09. The third-order valence-electron chi connectivity index (χ3n) is 2.13. The lowest BCUT2D eigenvalue weighted by atomic mass is 10.2. The Kier molecular flexibility index (Phi) is 4.20. The highest BCUT2D eigenvalue weighted by atomic mass is 35.5. The molecule has 1 aromatic carbocycles. The summed E-state index contributed by atoms with van der Waals surface area (Å²) in [5.41, 5.74) is 0.875. The molecule has 2 rings (SSSR count). The molecule has 0 aliphatic carbocycles. The molecule has 1 N–H and O–H groups in total. The number of anilines is 1. The molecule has 1 aromatic heterocycles. The zero-order chi connectivity index (χ0) is 12.3. The molecule has 0 atom stereocenters. The van der Waals surface area contributed by atoms with E-state index in [0.717, 1.165) is 23.7 Å². The van der Waals surface area contributed by atoms with Gasteiger partial charge in [0, 0.05) is 23.6 Å². The smallest absolute Gasteiger partial charge is 0.202 e. The topological polar surface area (TPSA) is 37.8 Å². The fourth-order valence-electron chi connectivity index (χ4n) is 1.28. The van der Waals surface area contributed by atoms with Crippen molar-refractivity contribution in [3.8, 4) is 11.4 Å². The number of rotatable bonds is 4. The van der Waals surface area contributed by atoms with Gasteiger partial charge in [-0.1, -0.05) is 30.1 Å². The third-order valence-corrected chi connectivity index (χ3v) is 3.54. The number of aromatic nitrogens is 2. The van der Waals surface area contributed by atoms with Crippen LogP contribution in [0, 0.1) is 0 Å². The number of hydrogen-bond donors (Lipinski definition) is 1. The van der Waals surface area contributed by atoms with Crippen LogP contribution < -0.4 is 5.32 Å².